The first-order valence-electron chi connectivity index (χ1n) is 16.4. The van der Waals surface area contributed by atoms with Gasteiger partial charge in [-0.3, -0.25) is 0 Å². The van der Waals surface area contributed by atoms with Crippen molar-refractivity contribution in [3.8, 4) is 33.6 Å². The molecule has 0 saturated carbocycles. The first-order chi connectivity index (χ1) is 23.8. The summed E-state index contributed by atoms with van der Waals surface area (Å²) in [6.45, 7) is 0. The largest absolute Gasteiger partial charge is 0.310 e. The van der Waals surface area contributed by atoms with E-state index >= 15 is 0 Å². The third-order valence-corrected chi connectivity index (χ3v) is 9.33. The molecule has 0 aliphatic carbocycles. The van der Waals surface area contributed by atoms with E-state index in [0.29, 0.717) is 0 Å². The minimum Gasteiger partial charge on any atom is -0.310 e. The zero-order chi connectivity index (χ0) is 31.9. The molecule has 226 valence electrons. The maximum absolute atomic E-state index is 2.40. The first-order valence-corrected chi connectivity index (χ1v) is 16.4. The van der Waals surface area contributed by atoms with E-state index in [9.17, 15) is 0 Å². The Morgan fingerprint density at radius 2 is 0.854 bits per heavy atom. The van der Waals surface area contributed by atoms with Crippen molar-refractivity contribution < 1.29 is 0 Å². The van der Waals surface area contributed by atoms with Gasteiger partial charge in [0.05, 0.1) is 5.52 Å². The summed E-state index contributed by atoms with van der Waals surface area (Å²) in [7, 11) is 0. The second-order valence-corrected chi connectivity index (χ2v) is 12.3. The van der Waals surface area contributed by atoms with Gasteiger partial charge in [-0.2, -0.15) is 0 Å². The lowest BCUT2D eigenvalue weighted by Gasteiger charge is -2.15. The van der Waals surface area contributed by atoms with Gasteiger partial charge in [0, 0.05) is 33.3 Å². The van der Waals surface area contributed by atoms with Gasteiger partial charge in [-0.05, 0) is 105 Å². The summed E-state index contributed by atoms with van der Waals surface area (Å²) >= 11 is 0. The van der Waals surface area contributed by atoms with Gasteiger partial charge in [0.2, 0.25) is 0 Å². The Kier molecular flexibility index (Phi) is 6.84. The van der Waals surface area contributed by atoms with Crippen LogP contribution in [0, 0.1) is 0 Å². The molecule has 4 bridgehead atoms. The molecule has 9 aromatic rings. The molecule has 0 radical (unpaired) electrons. The highest BCUT2D eigenvalue weighted by atomic mass is 15.0. The van der Waals surface area contributed by atoms with Crippen LogP contribution in [0.5, 0.6) is 0 Å². The number of hydrogen-bond acceptors (Lipinski definition) is 0. The third kappa shape index (κ3) is 4.92. The first kappa shape index (κ1) is 27.9. The van der Waals surface area contributed by atoms with Gasteiger partial charge in [0.1, 0.15) is 0 Å². The number of aromatic nitrogens is 2. The molecule has 0 aliphatic heterocycles. The van der Waals surface area contributed by atoms with Crippen LogP contribution in [0.25, 0.3) is 77.2 Å². The van der Waals surface area contributed by atoms with Crippen molar-refractivity contribution in [1.82, 2.24) is 9.13 Å². The second-order valence-electron chi connectivity index (χ2n) is 12.3. The van der Waals surface area contributed by atoms with Crippen LogP contribution in [0.4, 0.5) is 0 Å². The molecule has 0 saturated heterocycles. The van der Waals surface area contributed by atoms with Crippen molar-refractivity contribution in [3.05, 3.63) is 194 Å². The molecular weight excluding hydrogens is 581 g/mol. The van der Waals surface area contributed by atoms with E-state index < -0.39 is 0 Å². The van der Waals surface area contributed by atoms with E-state index in [4.69, 9.17) is 0 Å². The quantitative estimate of drug-likeness (QED) is 0.187. The van der Waals surface area contributed by atoms with Crippen molar-refractivity contribution in [2.45, 2.75) is 0 Å². The zero-order valence-electron chi connectivity index (χ0n) is 26.4. The fraction of sp³-hybridized carbons (Fsp3) is 0. The van der Waals surface area contributed by atoms with Gasteiger partial charge >= 0.3 is 0 Å². The Hall–Kier alpha value is -6.38. The van der Waals surface area contributed by atoms with Crippen LogP contribution in [-0.2, 0) is 0 Å². The molecule has 0 spiro atoms. The van der Waals surface area contributed by atoms with Crippen LogP contribution in [0.2, 0.25) is 0 Å². The van der Waals surface area contributed by atoms with Gasteiger partial charge in [0.25, 0.3) is 0 Å². The number of nitrogens with zero attached hydrogens (tertiary/aromatic N) is 2. The lowest BCUT2D eigenvalue weighted by Crippen LogP contribution is -1.99. The lowest BCUT2D eigenvalue weighted by atomic mass is 9.98. The predicted molar refractivity (Wildman–Crippen MR) is 204 cm³/mol. The van der Waals surface area contributed by atoms with Crippen LogP contribution in [-0.4, -0.2) is 9.13 Å². The Balaban J connectivity index is 1.49. The summed E-state index contributed by atoms with van der Waals surface area (Å²) in [4.78, 5) is 0. The highest BCUT2D eigenvalue weighted by molar-refractivity contribution is 6.13. The molecule has 0 atom stereocenters. The van der Waals surface area contributed by atoms with E-state index in [0.717, 1.165) is 33.4 Å². The molecule has 9 rings (SSSR count). The molecule has 2 heteroatoms. The van der Waals surface area contributed by atoms with Crippen LogP contribution in [0.3, 0.4) is 0 Å². The number of benzene rings is 8. The topological polar surface area (TPSA) is 9.86 Å². The van der Waals surface area contributed by atoms with Crippen LogP contribution < -0.4 is 0 Å². The standard InChI is InChI=1S/C46H32N2/c1-4-13-33(14-5-1)36-18-10-21-39(29-36)47-40-22-12-23-41(31-40)48(38-19-8-3-9-20-38)46-28-26-37(34-15-6-2-7-16-34)30-45(46)43-24-11-17-35-25-27-42(47)32-44(35)43/h1-32H. The molecule has 0 aliphatic rings. The number of para-hydroxylation sites is 1. The molecule has 0 N–H and O–H groups in total. The Morgan fingerprint density at radius 3 is 1.60 bits per heavy atom. The van der Waals surface area contributed by atoms with Gasteiger partial charge in [-0.1, -0.05) is 127 Å². The summed E-state index contributed by atoms with van der Waals surface area (Å²) in [5.41, 5.74) is 11.4. The van der Waals surface area contributed by atoms with Crippen LogP contribution in [0.1, 0.15) is 0 Å². The third-order valence-electron chi connectivity index (χ3n) is 9.33. The van der Waals surface area contributed by atoms with Crippen molar-refractivity contribution in [2.75, 3.05) is 0 Å². The summed E-state index contributed by atoms with van der Waals surface area (Å²) in [5.74, 6) is 0. The molecule has 0 fully saturated rings. The monoisotopic (exact) mass is 612 g/mol. The molecule has 1 heterocycles. The van der Waals surface area contributed by atoms with Gasteiger partial charge in [-0.25, -0.2) is 0 Å². The maximum atomic E-state index is 2.40. The van der Waals surface area contributed by atoms with E-state index in [1.807, 2.05) is 0 Å². The minimum atomic E-state index is 1.10. The molecule has 48 heavy (non-hydrogen) atoms. The highest BCUT2D eigenvalue weighted by Gasteiger charge is 2.11. The van der Waals surface area contributed by atoms with Crippen molar-refractivity contribution in [2.24, 2.45) is 0 Å². The number of rotatable bonds is 4. The van der Waals surface area contributed by atoms with Crippen molar-refractivity contribution >= 4 is 43.6 Å². The Labute approximate surface area is 279 Å². The number of fused-ring (bicyclic) bond motifs is 5. The van der Waals surface area contributed by atoms with Gasteiger partial charge < -0.3 is 9.13 Å². The fourth-order valence-electron chi connectivity index (χ4n) is 7.07. The molecule has 0 unspecified atom stereocenters. The zero-order valence-corrected chi connectivity index (χ0v) is 26.4. The average Bonchev–Trinajstić information content (AvgIpc) is 3.17. The normalized spacial score (nSPS) is 11.3. The molecule has 1 aromatic heterocycles. The van der Waals surface area contributed by atoms with E-state index in [2.05, 4.69) is 203 Å². The fourth-order valence-corrected chi connectivity index (χ4v) is 7.07. The Morgan fingerprint density at radius 1 is 0.271 bits per heavy atom. The highest BCUT2D eigenvalue weighted by Crippen LogP contribution is 2.34. The Bertz CT molecular complexity index is 2650. The van der Waals surface area contributed by atoms with Crippen LogP contribution >= 0.6 is 0 Å². The molecular formula is C46H32N2. The summed E-state index contributed by atoms with van der Waals surface area (Å²) in [5, 5.41) is 4.82. The van der Waals surface area contributed by atoms with Gasteiger partial charge in [0.15, 0.2) is 0 Å². The smallest absolute Gasteiger partial charge is 0.0540 e. The molecule has 2 nitrogen and oxygen atoms in total. The molecule has 0 amide bonds. The van der Waals surface area contributed by atoms with Crippen molar-refractivity contribution in [1.29, 1.82) is 0 Å². The predicted octanol–water partition coefficient (Wildman–Crippen LogP) is 12.3. The van der Waals surface area contributed by atoms with E-state index in [-0.39, 0.29) is 0 Å². The lowest BCUT2D eigenvalue weighted by molar-refractivity contribution is 1.14. The number of hydrogen-bond donors (Lipinski definition) is 0. The maximum Gasteiger partial charge on any atom is 0.0540 e. The van der Waals surface area contributed by atoms with Gasteiger partial charge in [-0.15, -0.1) is 0 Å². The second kappa shape index (κ2) is 11.8. The summed E-state index contributed by atoms with van der Waals surface area (Å²) in [6.07, 6.45) is 0. The van der Waals surface area contributed by atoms with E-state index in [1.165, 1.54) is 43.8 Å². The van der Waals surface area contributed by atoms with E-state index in [1.54, 1.807) is 0 Å². The summed E-state index contributed by atoms with van der Waals surface area (Å²) < 4.78 is 4.79. The SMILES string of the molecule is c1ccc(-c2cccc(-n3c4ccc5cccc(c5c4)c4cc(-c5ccccc5)ccc4n(-c4ccccc4)c4cccc3c4)c2)cc1. The molecule has 8 aromatic carbocycles. The minimum absolute atomic E-state index is 1.10. The van der Waals surface area contributed by atoms with Crippen LogP contribution in [0.15, 0.2) is 194 Å². The summed E-state index contributed by atoms with van der Waals surface area (Å²) in [6, 6.07) is 70.3. The van der Waals surface area contributed by atoms with Crippen molar-refractivity contribution in [3.63, 3.8) is 0 Å². The average molecular weight is 613 g/mol.